The van der Waals surface area contributed by atoms with Crippen molar-refractivity contribution in [3.63, 3.8) is 0 Å². The van der Waals surface area contributed by atoms with Crippen LogP contribution in [0, 0.1) is 0 Å². The summed E-state index contributed by atoms with van der Waals surface area (Å²) in [5, 5.41) is 20.8. The first-order chi connectivity index (χ1) is 59.2. The topological polar surface area (TPSA) is 231 Å². The Morgan fingerprint density at radius 3 is 0.694 bits per heavy atom. The maximum absolute atomic E-state index is 13.1. The van der Waals surface area contributed by atoms with E-state index in [4.69, 9.17) is 32.3 Å². The molecule has 692 valence electrons. The molecule has 16 nitrogen and oxygen atoms in total. The molecule has 0 rings (SSSR count). The van der Waals surface area contributed by atoms with E-state index in [9.17, 15) is 43.5 Å². The maximum atomic E-state index is 13.1. The van der Waals surface area contributed by atoms with E-state index in [1.54, 1.807) is 0 Å². The van der Waals surface area contributed by atoms with Gasteiger partial charge in [-0.25, -0.2) is 9.13 Å². The normalized spacial score (nSPS) is 14.5. The minimum atomic E-state index is -4.96. The Labute approximate surface area is 738 Å². The number of hydrogen-bond acceptors (Lipinski definition) is 14. The summed E-state index contributed by atoms with van der Waals surface area (Å²) >= 11 is 0. The molecule has 0 spiro atoms. The summed E-state index contributed by atoms with van der Waals surface area (Å²) in [7, 11) is -9.83. The molecule has 0 amide bonds. The minimum absolute atomic E-state index is 0.0693. The molecule has 0 aliphatic carbocycles. The van der Waals surface area contributed by atoms with Gasteiger partial charge in [0.05, 0.1) is 26.4 Å². The van der Waals surface area contributed by atoms with Crippen molar-refractivity contribution >= 4 is 33.6 Å². The Bertz CT molecular complexity index is 2930. The number of phosphoric acid groups is 2. The van der Waals surface area contributed by atoms with Gasteiger partial charge < -0.3 is 34.2 Å². The third-order valence-electron chi connectivity index (χ3n) is 20.1. The van der Waals surface area contributed by atoms with Crippen LogP contribution >= 0.6 is 15.6 Å². The lowest BCUT2D eigenvalue weighted by molar-refractivity contribution is -0.161. The van der Waals surface area contributed by atoms with Crippen molar-refractivity contribution in [3.8, 4) is 0 Å². The van der Waals surface area contributed by atoms with Crippen LogP contribution in [0.25, 0.3) is 0 Å². The van der Waals surface area contributed by atoms with Crippen LogP contribution in [0.4, 0.5) is 0 Å². The molecule has 0 radical (unpaired) electrons. The van der Waals surface area contributed by atoms with E-state index in [0.717, 1.165) is 167 Å². The van der Waals surface area contributed by atoms with Gasteiger partial charge in [-0.2, -0.15) is 0 Å². The number of phosphoric ester groups is 2. The van der Waals surface area contributed by atoms with Crippen LogP contribution in [-0.4, -0.2) is 95.9 Å². The fourth-order valence-electron chi connectivity index (χ4n) is 12.9. The van der Waals surface area contributed by atoms with E-state index in [1.165, 1.54) is 167 Å². The molecular formula is C103H174O16P2. The van der Waals surface area contributed by atoms with Gasteiger partial charge in [0.2, 0.25) is 0 Å². The monoisotopic (exact) mass is 1730 g/mol. The lowest BCUT2D eigenvalue weighted by Gasteiger charge is -2.21. The summed E-state index contributed by atoms with van der Waals surface area (Å²) in [6.07, 6.45) is 124. The second-order valence-electron chi connectivity index (χ2n) is 31.8. The zero-order valence-electron chi connectivity index (χ0n) is 76.4. The van der Waals surface area contributed by atoms with Crippen molar-refractivity contribution in [2.45, 2.75) is 411 Å². The molecule has 0 bridgehead atoms. The summed E-state index contributed by atoms with van der Waals surface area (Å²) in [4.78, 5) is 59.1. The van der Waals surface area contributed by atoms with Gasteiger partial charge in [-0.1, -0.05) is 396 Å². The van der Waals surface area contributed by atoms with E-state index in [1.807, 2.05) is 0 Å². The molecule has 0 fully saturated rings. The number of unbranched alkanes of at least 4 members (excludes halogenated alkanes) is 37. The van der Waals surface area contributed by atoms with Crippen LogP contribution in [-0.2, 0) is 55.8 Å². The molecule has 18 heteroatoms. The number of hydrogen-bond donors (Lipinski definition) is 4. The van der Waals surface area contributed by atoms with Crippen molar-refractivity contribution in [1.82, 2.24) is 0 Å². The average Bonchev–Trinajstić information content (AvgIpc) is 0.877. The predicted molar refractivity (Wildman–Crippen MR) is 509 cm³/mol. The quantitative estimate of drug-likeness (QED) is 0.0146. The Kier molecular flexibility index (Phi) is 89.6. The molecule has 0 aromatic carbocycles. The lowest BCUT2D eigenvalue weighted by atomic mass is 10.0. The lowest BCUT2D eigenvalue weighted by Crippen LogP contribution is -2.30. The Hall–Kier alpha value is -5.35. The predicted octanol–water partition coefficient (Wildman–Crippen LogP) is 30.0. The van der Waals surface area contributed by atoms with Crippen molar-refractivity contribution in [2.24, 2.45) is 0 Å². The number of aliphatic hydroxyl groups excluding tert-OH is 2. The van der Waals surface area contributed by atoms with E-state index in [2.05, 4.69) is 203 Å². The van der Waals surface area contributed by atoms with Gasteiger partial charge in [0.25, 0.3) is 0 Å². The zero-order valence-corrected chi connectivity index (χ0v) is 78.2. The van der Waals surface area contributed by atoms with Gasteiger partial charge in [-0.15, -0.1) is 0 Å². The first-order valence-electron chi connectivity index (χ1n) is 48.1. The van der Waals surface area contributed by atoms with Crippen molar-refractivity contribution in [3.05, 3.63) is 182 Å². The fraction of sp³-hybridized carbons (Fsp3) is 0.680. The van der Waals surface area contributed by atoms with Gasteiger partial charge in [0.15, 0.2) is 6.10 Å². The Morgan fingerprint density at radius 2 is 0.438 bits per heavy atom. The van der Waals surface area contributed by atoms with Gasteiger partial charge in [-0.3, -0.25) is 32.5 Å². The minimum Gasteiger partial charge on any atom is -0.463 e. The van der Waals surface area contributed by atoms with Crippen LogP contribution in [0.2, 0.25) is 0 Å². The average molecular weight is 1730 g/mol. The zero-order chi connectivity index (χ0) is 87.9. The third kappa shape index (κ3) is 95.2. The molecule has 0 saturated carbocycles. The summed E-state index contributed by atoms with van der Waals surface area (Å²) in [5.74, 6) is -1.60. The standard InChI is InChI=1S/C103H174O16P2/c1-4-7-10-13-16-19-22-25-28-31-34-37-40-42-44-46-47-48-49-51-53-54-57-59-62-65-68-71-74-77-80-83-86-89-101(106)113-92-98(104)93-115-120(109,110)116-94-99(105)95-117-121(111,112)118-97-100(119-103(108)91-88-85-82-79-76-73-70-67-64-61-56-39-36-33-30-27-24-21-18-15-12-9-6-3)96-114-102(107)90-87-84-81-78-75-72-69-66-63-60-58-55-52-50-45-43-41-38-35-32-29-26-23-20-17-14-11-8-5-2/h8-9,11-12,16-21,25-30,34-39,42-45,61,64,70,73,98-100,104-105H,4-7,10,13-15,22-24,31-33,40-41,46-60,62-63,65-69,71-72,74-97H2,1-3H3,(H,109,110)(H,111,112)/b11-8-,12-9-,19-16-,20-17-,21-18-,28-25-,29-26-,30-27-,37-34-,38-35-,39-36-,44-42-,45-43-,64-61-,73-70-. The molecular weight excluding hydrogens is 1560 g/mol. The number of rotatable bonds is 90. The number of allylic oxidation sites excluding steroid dienone is 30. The van der Waals surface area contributed by atoms with Crippen LogP contribution < -0.4 is 0 Å². The van der Waals surface area contributed by atoms with E-state index in [-0.39, 0.29) is 19.3 Å². The summed E-state index contributed by atoms with van der Waals surface area (Å²) in [6, 6.07) is 0. The molecule has 121 heavy (non-hydrogen) atoms. The summed E-state index contributed by atoms with van der Waals surface area (Å²) in [5.41, 5.74) is 0. The number of aliphatic hydroxyl groups is 2. The third-order valence-corrected chi connectivity index (χ3v) is 22.0. The van der Waals surface area contributed by atoms with Crippen LogP contribution in [0.5, 0.6) is 0 Å². The molecule has 5 atom stereocenters. The van der Waals surface area contributed by atoms with Crippen LogP contribution in [0.1, 0.15) is 393 Å². The Morgan fingerprint density at radius 1 is 0.240 bits per heavy atom. The Balaban J connectivity index is 4.60. The van der Waals surface area contributed by atoms with E-state index >= 15 is 0 Å². The molecule has 0 saturated heterocycles. The highest BCUT2D eigenvalue weighted by molar-refractivity contribution is 7.47. The summed E-state index contributed by atoms with van der Waals surface area (Å²) < 4.78 is 61.5. The maximum Gasteiger partial charge on any atom is 0.472 e. The molecule has 4 N–H and O–H groups in total. The number of carbonyl (C=O) groups excluding carboxylic acids is 3. The molecule has 0 heterocycles. The SMILES string of the molecule is CC/C=C\C/C=C\C/C=C\C/C=C\C/C=C\C/C=C\CCCCCCC(=O)OC(COC(=O)CCCCCCCCCCCCCCC/C=C\C/C=C\C/C=C\C/C=C\C/C=C\CC)COP(=O)(O)OCC(O)COP(=O)(O)OCC(O)COC(=O)CCCCCCCCCCCCCCCCCCC/C=C\C/C=C\C/C=C\C/C=C\CCCCC. The van der Waals surface area contributed by atoms with E-state index in [0.29, 0.717) is 19.3 Å². The number of carbonyl (C=O) groups is 3. The highest BCUT2D eigenvalue weighted by Gasteiger charge is 2.30. The molecule has 0 aliphatic heterocycles. The highest BCUT2D eigenvalue weighted by Crippen LogP contribution is 2.45. The van der Waals surface area contributed by atoms with Gasteiger partial charge >= 0.3 is 33.6 Å². The first kappa shape index (κ1) is 116. The number of esters is 3. The smallest absolute Gasteiger partial charge is 0.463 e. The second kappa shape index (κ2) is 93.8. The second-order valence-corrected chi connectivity index (χ2v) is 34.7. The van der Waals surface area contributed by atoms with Gasteiger partial charge in [0.1, 0.15) is 25.4 Å². The molecule has 0 aromatic rings. The van der Waals surface area contributed by atoms with E-state index < -0.39 is 91.5 Å². The van der Waals surface area contributed by atoms with Gasteiger partial charge in [-0.05, 0) is 161 Å². The van der Waals surface area contributed by atoms with Crippen molar-refractivity contribution in [1.29, 1.82) is 0 Å². The van der Waals surface area contributed by atoms with Crippen molar-refractivity contribution < 1.29 is 75.8 Å². The first-order valence-corrected chi connectivity index (χ1v) is 51.1. The molecule has 5 unspecified atom stereocenters. The molecule has 0 aromatic heterocycles. The van der Waals surface area contributed by atoms with Gasteiger partial charge in [0, 0.05) is 19.3 Å². The van der Waals surface area contributed by atoms with Crippen LogP contribution in [0.15, 0.2) is 182 Å². The highest BCUT2D eigenvalue weighted by atomic mass is 31.2. The van der Waals surface area contributed by atoms with Crippen molar-refractivity contribution in [2.75, 3.05) is 39.6 Å². The fourth-order valence-corrected chi connectivity index (χ4v) is 14.5. The number of ether oxygens (including phenoxy) is 3. The largest absolute Gasteiger partial charge is 0.472 e. The van der Waals surface area contributed by atoms with Crippen LogP contribution in [0.3, 0.4) is 0 Å². The summed E-state index contributed by atoms with van der Waals surface area (Å²) in [6.45, 7) is 2.44. The molecule has 0 aliphatic rings.